The Hall–Kier alpha value is -1.30. The van der Waals surface area contributed by atoms with Crippen LogP contribution in [0.2, 0.25) is 0 Å². The molecule has 6 heteroatoms. The molecule has 0 bridgehead atoms. The molecule has 0 aliphatic carbocycles. The minimum Gasteiger partial charge on any atom is -0.492 e. The van der Waals surface area contributed by atoms with E-state index < -0.39 is 0 Å². The Balaban J connectivity index is 0.00000264. The second-order valence-corrected chi connectivity index (χ2v) is 6.01. The van der Waals surface area contributed by atoms with Crippen LogP contribution in [-0.2, 0) is 4.79 Å². The number of nitrogens with zero attached hydrogens (tertiary/aromatic N) is 1. The number of carbonyl (C=O) groups is 1. The van der Waals surface area contributed by atoms with Crippen LogP contribution < -0.4 is 15.8 Å². The first-order valence-corrected chi connectivity index (χ1v) is 8.07. The normalized spacial score (nSPS) is 19.5. The number of likely N-dealkylation sites (tertiary alicyclic amines) is 1. The number of amides is 1. The quantitative estimate of drug-likeness (QED) is 0.740. The van der Waals surface area contributed by atoms with E-state index in [9.17, 15) is 4.79 Å². The molecule has 0 saturated carbocycles. The largest absolute Gasteiger partial charge is 0.492 e. The van der Waals surface area contributed by atoms with Gasteiger partial charge in [-0.15, -0.1) is 12.4 Å². The molecule has 130 valence electrons. The van der Waals surface area contributed by atoms with Crippen LogP contribution in [0.5, 0.6) is 5.75 Å². The minimum absolute atomic E-state index is 0. The van der Waals surface area contributed by atoms with E-state index in [0.717, 1.165) is 25.3 Å². The number of carbonyl (C=O) groups excluding carboxylic acids is 1. The third kappa shape index (κ3) is 7.20. The van der Waals surface area contributed by atoms with Gasteiger partial charge in [-0.05, 0) is 44.4 Å². The van der Waals surface area contributed by atoms with Crippen LogP contribution in [0.25, 0.3) is 0 Å². The van der Waals surface area contributed by atoms with Gasteiger partial charge in [-0.25, -0.2) is 0 Å². The van der Waals surface area contributed by atoms with Crippen molar-refractivity contribution in [2.75, 3.05) is 32.8 Å². The summed E-state index contributed by atoms with van der Waals surface area (Å²) in [6.45, 7) is 5.42. The summed E-state index contributed by atoms with van der Waals surface area (Å²) < 4.78 is 5.55. The molecule has 2 rings (SSSR count). The van der Waals surface area contributed by atoms with Gasteiger partial charge in [0.1, 0.15) is 12.4 Å². The number of benzene rings is 1. The zero-order valence-corrected chi connectivity index (χ0v) is 14.6. The second kappa shape index (κ2) is 10.5. The number of nitrogens with one attached hydrogen (secondary N) is 1. The molecule has 1 aliphatic heterocycles. The second-order valence-electron chi connectivity index (χ2n) is 6.01. The van der Waals surface area contributed by atoms with Crippen LogP contribution in [0.15, 0.2) is 30.3 Å². The first-order valence-electron chi connectivity index (χ1n) is 8.07. The lowest BCUT2D eigenvalue weighted by atomic mass is 9.92. The number of rotatable bonds is 7. The molecule has 1 aliphatic rings. The molecular weight excluding hydrogens is 314 g/mol. The molecule has 1 amide bonds. The predicted octanol–water partition coefficient (Wildman–Crippen LogP) is 1.66. The fourth-order valence-corrected chi connectivity index (χ4v) is 2.80. The van der Waals surface area contributed by atoms with Gasteiger partial charge in [0.25, 0.3) is 0 Å². The molecule has 3 N–H and O–H groups in total. The summed E-state index contributed by atoms with van der Waals surface area (Å²) in [5.41, 5.74) is 5.97. The number of hydrogen-bond donors (Lipinski definition) is 2. The minimum atomic E-state index is 0. The maximum atomic E-state index is 12.0. The number of hydrogen-bond acceptors (Lipinski definition) is 4. The Morgan fingerprint density at radius 2 is 2.17 bits per heavy atom. The van der Waals surface area contributed by atoms with Gasteiger partial charge in [0.15, 0.2) is 0 Å². The highest BCUT2D eigenvalue weighted by Gasteiger charge is 2.23. The Labute approximate surface area is 145 Å². The van der Waals surface area contributed by atoms with Crippen molar-refractivity contribution in [3.63, 3.8) is 0 Å². The van der Waals surface area contributed by atoms with Crippen molar-refractivity contribution < 1.29 is 9.53 Å². The highest BCUT2D eigenvalue weighted by Crippen LogP contribution is 2.18. The van der Waals surface area contributed by atoms with Crippen LogP contribution in [0, 0.1) is 5.92 Å². The van der Waals surface area contributed by atoms with Crippen LogP contribution in [0.1, 0.15) is 19.8 Å². The molecule has 0 aromatic heterocycles. The van der Waals surface area contributed by atoms with Crippen molar-refractivity contribution in [1.82, 2.24) is 10.2 Å². The van der Waals surface area contributed by atoms with Crippen molar-refractivity contribution >= 4 is 18.3 Å². The van der Waals surface area contributed by atoms with Gasteiger partial charge in [0.05, 0.1) is 13.1 Å². The standard InChI is InChI=1S/C17H27N3O2.ClH/c1-14(18)15-6-5-10-20(12-15)13-17(21)19-9-11-22-16-7-3-2-4-8-16;/h2-4,7-8,14-15H,5-6,9-13,18H2,1H3,(H,19,21);1H. The smallest absolute Gasteiger partial charge is 0.234 e. The zero-order valence-electron chi connectivity index (χ0n) is 13.7. The number of ether oxygens (including phenoxy) is 1. The highest BCUT2D eigenvalue weighted by atomic mass is 35.5. The molecule has 1 aromatic carbocycles. The first-order chi connectivity index (χ1) is 10.6. The summed E-state index contributed by atoms with van der Waals surface area (Å²) in [6.07, 6.45) is 2.29. The van der Waals surface area contributed by atoms with Crippen molar-refractivity contribution in [3.8, 4) is 5.75 Å². The van der Waals surface area contributed by atoms with Gasteiger partial charge in [-0.3, -0.25) is 9.69 Å². The number of nitrogens with two attached hydrogens (primary N) is 1. The molecule has 1 aromatic rings. The van der Waals surface area contributed by atoms with Gasteiger partial charge in [0.2, 0.25) is 5.91 Å². The molecule has 23 heavy (non-hydrogen) atoms. The fraction of sp³-hybridized carbons (Fsp3) is 0.588. The molecular formula is C17H28ClN3O2. The summed E-state index contributed by atoms with van der Waals surface area (Å²) in [4.78, 5) is 14.2. The number of halogens is 1. The Bertz CT molecular complexity index is 456. The predicted molar refractivity (Wildman–Crippen MR) is 95.0 cm³/mol. The van der Waals surface area contributed by atoms with E-state index in [-0.39, 0.29) is 24.4 Å². The van der Waals surface area contributed by atoms with E-state index in [2.05, 4.69) is 17.1 Å². The summed E-state index contributed by atoms with van der Waals surface area (Å²) in [6, 6.07) is 9.82. The van der Waals surface area contributed by atoms with E-state index in [0.29, 0.717) is 25.6 Å². The maximum absolute atomic E-state index is 12.0. The third-order valence-corrected chi connectivity index (χ3v) is 4.09. The summed E-state index contributed by atoms with van der Waals surface area (Å²) >= 11 is 0. The lowest BCUT2D eigenvalue weighted by Crippen LogP contribution is -2.46. The van der Waals surface area contributed by atoms with E-state index in [1.165, 1.54) is 6.42 Å². The zero-order chi connectivity index (χ0) is 15.8. The molecule has 0 spiro atoms. The Kier molecular flexibility index (Phi) is 8.99. The van der Waals surface area contributed by atoms with Crippen LogP contribution >= 0.6 is 12.4 Å². The summed E-state index contributed by atoms with van der Waals surface area (Å²) in [5, 5.41) is 2.91. The topological polar surface area (TPSA) is 67.6 Å². The molecule has 2 unspecified atom stereocenters. The first kappa shape index (κ1) is 19.7. The van der Waals surface area contributed by atoms with Crippen molar-refractivity contribution in [1.29, 1.82) is 0 Å². The molecule has 1 saturated heterocycles. The van der Waals surface area contributed by atoms with Crippen molar-refractivity contribution in [2.24, 2.45) is 11.7 Å². The SMILES string of the molecule is CC(N)C1CCCN(CC(=O)NCCOc2ccccc2)C1.Cl. The van der Waals surface area contributed by atoms with E-state index in [1.54, 1.807) is 0 Å². The van der Waals surface area contributed by atoms with Crippen LogP contribution in [0.4, 0.5) is 0 Å². The molecule has 1 heterocycles. The van der Waals surface area contributed by atoms with Crippen LogP contribution in [-0.4, -0.2) is 49.6 Å². The number of piperidine rings is 1. The maximum Gasteiger partial charge on any atom is 0.234 e. The molecule has 2 atom stereocenters. The van der Waals surface area contributed by atoms with E-state index >= 15 is 0 Å². The van der Waals surface area contributed by atoms with E-state index in [4.69, 9.17) is 10.5 Å². The van der Waals surface area contributed by atoms with Crippen LogP contribution in [0.3, 0.4) is 0 Å². The molecule has 5 nitrogen and oxygen atoms in total. The summed E-state index contributed by atoms with van der Waals surface area (Å²) in [7, 11) is 0. The third-order valence-electron chi connectivity index (χ3n) is 4.09. The van der Waals surface area contributed by atoms with Gasteiger partial charge in [-0.2, -0.15) is 0 Å². The molecule has 1 fully saturated rings. The Morgan fingerprint density at radius 1 is 1.43 bits per heavy atom. The van der Waals surface area contributed by atoms with E-state index in [1.807, 2.05) is 30.3 Å². The average Bonchev–Trinajstić information content (AvgIpc) is 2.53. The van der Waals surface area contributed by atoms with Gasteiger partial charge < -0.3 is 15.8 Å². The molecule has 0 radical (unpaired) electrons. The van der Waals surface area contributed by atoms with Crippen molar-refractivity contribution in [3.05, 3.63) is 30.3 Å². The lowest BCUT2D eigenvalue weighted by molar-refractivity contribution is -0.122. The lowest BCUT2D eigenvalue weighted by Gasteiger charge is -2.34. The monoisotopic (exact) mass is 341 g/mol. The van der Waals surface area contributed by atoms with Gasteiger partial charge in [0, 0.05) is 12.6 Å². The van der Waals surface area contributed by atoms with Crippen molar-refractivity contribution in [2.45, 2.75) is 25.8 Å². The van der Waals surface area contributed by atoms with Gasteiger partial charge >= 0.3 is 0 Å². The number of para-hydroxylation sites is 1. The highest BCUT2D eigenvalue weighted by molar-refractivity contribution is 5.85. The average molecular weight is 342 g/mol. The Morgan fingerprint density at radius 3 is 2.87 bits per heavy atom. The fourth-order valence-electron chi connectivity index (χ4n) is 2.80. The summed E-state index contributed by atoms with van der Waals surface area (Å²) in [5.74, 6) is 1.39. The van der Waals surface area contributed by atoms with Gasteiger partial charge in [-0.1, -0.05) is 18.2 Å².